The van der Waals surface area contributed by atoms with Crippen LogP contribution in [-0.2, 0) is 11.2 Å². The summed E-state index contributed by atoms with van der Waals surface area (Å²) in [4.78, 5) is 27.9. The van der Waals surface area contributed by atoms with E-state index in [1.54, 1.807) is 16.8 Å². The molecule has 2 amide bonds. The minimum absolute atomic E-state index is 0.0506. The number of nitrogens with one attached hydrogen (secondary N) is 2. The van der Waals surface area contributed by atoms with Gasteiger partial charge < -0.3 is 5.32 Å². The highest BCUT2D eigenvalue weighted by atomic mass is 32.1. The minimum atomic E-state index is -0.179. The van der Waals surface area contributed by atoms with Gasteiger partial charge in [-0.15, -0.1) is 11.3 Å². The molecule has 0 saturated heterocycles. The maximum absolute atomic E-state index is 11.9. The van der Waals surface area contributed by atoms with Crippen molar-refractivity contribution in [3.63, 3.8) is 0 Å². The summed E-state index contributed by atoms with van der Waals surface area (Å²) in [5, 5.41) is 11.6. The second kappa shape index (κ2) is 7.33. The molecule has 2 heterocycles. The van der Waals surface area contributed by atoms with Crippen LogP contribution in [0.4, 0.5) is 5.13 Å². The highest BCUT2D eigenvalue weighted by molar-refractivity contribution is 7.14. The topological polar surface area (TPSA) is 71.1 Å². The van der Waals surface area contributed by atoms with Crippen LogP contribution < -0.4 is 10.6 Å². The Hall–Kier alpha value is -1.73. The molecule has 2 aromatic rings. The first-order chi connectivity index (χ1) is 10.1. The molecule has 2 aromatic heterocycles. The summed E-state index contributed by atoms with van der Waals surface area (Å²) in [6.45, 7) is 3.98. The van der Waals surface area contributed by atoms with Crippen molar-refractivity contribution >= 4 is 39.6 Å². The van der Waals surface area contributed by atoms with Crippen molar-refractivity contribution in [2.75, 3.05) is 5.32 Å². The number of carbonyl (C=O) groups excluding carboxylic acids is 2. The van der Waals surface area contributed by atoms with Crippen molar-refractivity contribution in [3.05, 3.63) is 33.5 Å². The van der Waals surface area contributed by atoms with Gasteiger partial charge in [0.25, 0.3) is 5.91 Å². The molecule has 5 nitrogen and oxygen atoms in total. The lowest BCUT2D eigenvalue weighted by molar-refractivity contribution is -0.121. The van der Waals surface area contributed by atoms with Crippen molar-refractivity contribution in [2.45, 2.75) is 32.7 Å². The van der Waals surface area contributed by atoms with Crippen molar-refractivity contribution in [1.82, 2.24) is 10.3 Å². The fourth-order valence-corrected chi connectivity index (χ4v) is 2.94. The second-order valence-electron chi connectivity index (χ2n) is 4.66. The van der Waals surface area contributed by atoms with Gasteiger partial charge in [0.2, 0.25) is 5.91 Å². The normalized spacial score (nSPS) is 11.9. The molecule has 0 spiro atoms. The molecule has 0 aliphatic rings. The zero-order valence-electron chi connectivity index (χ0n) is 11.9. The van der Waals surface area contributed by atoms with Gasteiger partial charge in [0.15, 0.2) is 5.13 Å². The molecule has 112 valence electrons. The first-order valence-corrected chi connectivity index (χ1v) is 8.48. The van der Waals surface area contributed by atoms with E-state index in [9.17, 15) is 9.59 Å². The zero-order valence-corrected chi connectivity index (χ0v) is 13.5. The van der Waals surface area contributed by atoms with Gasteiger partial charge in [-0.05, 0) is 24.8 Å². The largest absolute Gasteiger partial charge is 0.353 e. The molecular formula is C14H17N3O2S2. The number of anilines is 1. The number of amides is 2. The van der Waals surface area contributed by atoms with Crippen LogP contribution in [0, 0.1) is 0 Å². The third kappa shape index (κ3) is 4.64. The number of nitrogens with zero attached hydrogens (tertiary/aromatic N) is 1. The van der Waals surface area contributed by atoms with Gasteiger partial charge in [-0.1, -0.05) is 6.92 Å². The number of thiophene rings is 1. The van der Waals surface area contributed by atoms with E-state index in [1.807, 2.05) is 19.2 Å². The molecule has 2 rings (SSSR count). The molecule has 0 radical (unpaired) electrons. The van der Waals surface area contributed by atoms with Gasteiger partial charge >= 0.3 is 0 Å². The molecular weight excluding hydrogens is 306 g/mol. The van der Waals surface area contributed by atoms with E-state index in [0.29, 0.717) is 16.4 Å². The van der Waals surface area contributed by atoms with Gasteiger partial charge in [0.1, 0.15) is 0 Å². The number of thiazole rings is 1. The van der Waals surface area contributed by atoms with Gasteiger partial charge in [-0.25, -0.2) is 4.98 Å². The highest BCUT2D eigenvalue weighted by Gasteiger charge is 2.12. The summed E-state index contributed by atoms with van der Waals surface area (Å²) < 4.78 is 0. The van der Waals surface area contributed by atoms with Crippen LogP contribution in [0.5, 0.6) is 0 Å². The van der Waals surface area contributed by atoms with Crippen LogP contribution >= 0.6 is 22.7 Å². The highest BCUT2D eigenvalue weighted by Crippen LogP contribution is 2.17. The standard InChI is InChI=1S/C14H17N3O2S2/c1-3-9(2)15-12(18)6-11-8-21-14(16-11)17-13(19)10-4-5-20-7-10/h4-5,7-9H,3,6H2,1-2H3,(H,15,18)(H,16,17,19). The van der Waals surface area contributed by atoms with E-state index in [4.69, 9.17) is 0 Å². The van der Waals surface area contributed by atoms with Gasteiger partial charge in [0.05, 0.1) is 17.7 Å². The van der Waals surface area contributed by atoms with Gasteiger partial charge in [0, 0.05) is 16.8 Å². The SMILES string of the molecule is CCC(C)NC(=O)Cc1csc(NC(=O)c2ccsc2)n1. The Morgan fingerprint density at radius 3 is 2.86 bits per heavy atom. The Bertz CT molecular complexity index is 608. The second-order valence-corrected chi connectivity index (χ2v) is 6.30. The molecule has 21 heavy (non-hydrogen) atoms. The fraction of sp³-hybridized carbons (Fsp3) is 0.357. The maximum atomic E-state index is 11.9. The van der Waals surface area contributed by atoms with Crippen LogP contribution in [-0.4, -0.2) is 22.8 Å². The summed E-state index contributed by atoms with van der Waals surface area (Å²) in [5.74, 6) is -0.230. The van der Waals surface area contributed by atoms with Crippen LogP contribution in [0.15, 0.2) is 22.2 Å². The van der Waals surface area contributed by atoms with Crippen LogP contribution in [0.3, 0.4) is 0 Å². The molecule has 1 unspecified atom stereocenters. The molecule has 0 saturated carbocycles. The van der Waals surface area contributed by atoms with Crippen LogP contribution in [0.2, 0.25) is 0 Å². The Morgan fingerprint density at radius 2 is 2.19 bits per heavy atom. The Labute approximate surface area is 131 Å². The van der Waals surface area contributed by atoms with Crippen molar-refractivity contribution in [1.29, 1.82) is 0 Å². The quantitative estimate of drug-likeness (QED) is 0.858. The number of hydrogen-bond donors (Lipinski definition) is 2. The number of carbonyl (C=O) groups is 2. The average molecular weight is 323 g/mol. The molecule has 7 heteroatoms. The van der Waals surface area contributed by atoms with E-state index >= 15 is 0 Å². The van der Waals surface area contributed by atoms with E-state index in [-0.39, 0.29) is 24.3 Å². The van der Waals surface area contributed by atoms with Crippen LogP contribution in [0.1, 0.15) is 36.3 Å². The average Bonchev–Trinajstić information content (AvgIpc) is 3.10. The van der Waals surface area contributed by atoms with Crippen molar-refractivity contribution in [3.8, 4) is 0 Å². The lowest BCUT2D eigenvalue weighted by atomic mass is 10.2. The predicted molar refractivity (Wildman–Crippen MR) is 86.0 cm³/mol. The predicted octanol–water partition coefficient (Wildman–Crippen LogP) is 2.91. The van der Waals surface area contributed by atoms with Gasteiger partial charge in [-0.3, -0.25) is 14.9 Å². The van der Waals surface area contributed by atoms with E-state index in [1.165, 1.54) is 22.7 Å². The maximum Gasteiger partial charge on any atom is 0.258 e. The summed E-state index contributed by atoms with van der Waals surface area (Å²) in [5.41, 5.74) is 1.28. The first-order valence-electron chi connectivity index (χ1n) is 6.65. The Kier molecular flexibility index (Phi) is 5.46. The zero-order chi connectivity index (χ0) is 15.2. The number of hydrogen-bond acceptors (Lipinski definition) is 5. The summed E-state index contributed by atoms with van der Waals surface area (Å²) in [6, 6.07) is 1.92. The van der Waals surface area contributed by atoms with E-state index < -0.39 is 0 Å². The summed E-state index contributed by atoms with van der Waals surface area (Å²) >= 11 is 2.79. The number of aromatic nitrogens is 1. The van der Waals surface area contributed by atoms with Crippen molar-refractivity contribution < 1.29 is 9.59 Å². The molecule has 1 atom stereocenters. The molecule has 0 fully saturated rings. The van der Waals surface area contributed by atoms with Gasteiger partial charge in [-0.2, -0.15) is 11.3 Å². The smallest absolute Gasteiger partial charge is 0.258 e. The monoisotopic (exact) mass is 323 g/mol. The van der Waals surface area contributed by atoms with Crippen molar-refractivity contribution in [2.24, 2.45) is 0 Å². The molecule has 0 bridgehead atoms. The summed E-state index contributed by atoms with van der Waals surface area (Å²) in [6.07, 6.45) is 1.12. The molecule has 2 N–H and O–H groups in total. The van der Waals surface area contributed by atoms with E-state index in [2.05, 4.69) is 15.6 Å². The Balaban J connectivity index is 1.89. The first kappa shape index (κ1) is 15.7. The Morgan fingerprint density at radius 1 is 1.38 bits per heavy atom. The lowest BCUT2D eigenvalue weighted by Gasteiger charge is -2.10. The fourth-order valence-electron chi connectivity index (χ4n) is 1.60. The molecule has 0 aliphatic heterocycles. The molecule has 0 aliphatic carbocycles. The third-order valence-electron chi connectivity index (χ3n) is 2.92. The number of rotatable bonds is 6. The van der Waals surface area contributed by atoms with Crippen LogP contribution in [0.25, 0.3) is 0 Å². The minimum Gasteiger partial charge on any atom is -0.353 e. The van der Waals surface area contributed by atoms with E-state index in [0.717, 1.165) is 6.42 Å². The molecule has 0 aromatic carbocycles. The lowest BCUT2D eigenvalue weighted by Crippen LogP contribution is -2.33. The summed E-state index contributed by atoms with van der Waals surface area (Å²) in [7, 11) is 0. The third-order valence-corrected chi connectivity index (χ3v) is 4.41.